The summed E-state index contributed by atoms with van der Waals surface area (Å²) in [5.74, 6) is -2.06. The molecule has 3 fully saturated rings. The van der Waals surface area contributed by atoms with Gasteiger partial charge in [0, 0.05) is 16.2 Å². The second-order valence-electron chi connectivity index (χ2n) is 10.5. The van der Waals surface area contributed by atoms with Crippen LogP contribution in [0.5, 0.6) is 5.75 Å². The van der Waals surface area contributed by atoms with Gasteiger partial charge in [-0.1, -0.05) is 23.7 Å². The van der Waals surface area contributed by atoms with Gasteiger partial charge >= 0.3 is 0 Å². The smallest absolute Gasteiger partial charge is 0.247 e. The van der Waals surface area contributed by atoms with E-state index in [-0.39, 0.29) is 47.5 Å². The number of carbonyl (C=O) groups is 1. The number of rotatable bonds is 9. The lowest BCUT2D eigenvalue weighted by Gasteiger charge is -2.41. The highest BCUT2D eigenvalue weighted by Crippen LogP contribution is 2.31. The van der Waals surface area contributed by atoms with Crippen LogP contribution in [0.1, 0.15) is 24.5 Å². The topological polar surface area (TPSA) is 168 Å². The zero-order valence-corrected chi connectivity index (χ0v) is 24.0. The summed E-state index contributed by atoms with van der Waals surface area (Å²) in [5.41, 5.74) is 3.15. The van der Waals surface area contributed by atoms with Crippen LogP contribution < -0.4 is 15.5 Å². The van der Waals surface area contributed by atoms with E-state index in [9.17, 15) is 34.0 Å². The first-order chi connectivity index (χ1) is 21.0. The fourth-order valence-electron chi connectivity index (χ4n) is 5.02. The number of halogens is 3. The third kappa shape index (κ3) is 7.14. The first-order valence-corrected chi connectivity index (χ1v) is 14.0. The van der Waals surface area contributed by atoms with Gasteiger partial charge in [0.1, 0.15) is 61.6 Å². The maximum Gasteiger partial charge on any atom is 0.247 e. The third-order valence-electron chi connectivity index (χ3n) is 7.40. The fourth-order valence-corrected chi connectivity index (χ4v) is 5.18. The molecule has 2 saturated heterocycles. The van der Waals surface area contributed by atoms with Crippen LogP contribution in [0.15, 0.2) is 53.9 Å². The van der Waals surface area contributed by atoms with Gasteiger partial charge in [0.2, 0.25) is 12.2 Å². The Hall–Kier alpha value is -3.34. The number of aliphatic hydroxyl groups excluding tert-OH is 4. The molecular formula is C29H31ClF2N2O10. The lowest BCUT2D eigenvalue weighted by molar-refractivity contribution is -0.155. The molecule has 1 aliphatic carbocycles. The quantitative estimate of drug-likeness (QED) is 0.133. The number of aliphatic hydroxyl groups is 4. The van der Waals surface area contributed by atoms with Gasteiger partial charge in [-0.25, -0.2) is 8.78 Å². The molecule has 5 rings (SSSR count). The maximum absolute atomic E-state index is 14.9. The summed E-state index contributed by atoms with van der Waals surface area (Å²) in [6, 6.07) is 6.86. The number of benzene rings is 2. The first kappa shape index (κ1) is 32.1. The molecule has 0 radical (unpaired) electrons. The van der Waals surface area contributed by atoms with Gasteiger partial charge in [0.05, 0.1) is 18.7 Å². The molecule has 2 aromatic carbocycles. The van der Waals surface area contributed by atoms with Crippen molar-refractivity contribution in [2.75, 3.05) is 6.79 Å². The predicted octanol–water partition coefficient (Wildman–Crippen LogP) is 1.39. The highest BCUT2D eigenvalue weighted by molar-refractivity contribution is 6.30. The van der Waals surface area contributed by atoms with E-state index in [2.05, 4.69) is 10.8 Å². The van der Waals surface area contributed by atoms with Crippen LogP contribution >= 0.6 is 11.6 Å². The molecule has 8 atom stereocenters. The van der Waals surface area contributed by atoms with Crippen molar-refractivity contribution in [2.45, 2.75) is 68.9 Å². The van der Waals surface area contributed by atoms with E-state index in [1.807, 2.05) is 0 Å². The standard InChI is InChI=1S/C29H31ClF2N2O10/c1-13(29(39)34-23-24(36)26(38)28-27(25(23)37)40-12-41-28)6-14-2-5-20(18(32)7-14)43-22-9-19(35)21(44-22)10-33-42-11-15-3-4-16(30)8-17(15)31/h2-8,10,19,22-28,33,35-38H,9,11-12H2,1H3,(H,34,39)/t19-,22+,23+,24-,25+,26+,27-,28+/m0/s1. The average Bonchev–Trinajstić information content (AvgIpc) is 3.61. The molecule has 15 heteroatoms. The molecule has 0 spiro atoms. The van der Waals surface area contributed by atoms with E-state index in [4.69, 9.17) is 35.4 Å². The monoisotopic (exact) mass is 640 g/mol. The Morgan fingerprint density at radius 2 is 1.80 bits per heavy atom. The van der Waals surface area contributed by atoms with E-state index in [0.29, 0.717) is 5.56 Å². The van der Waals surface area contributed by atoms with Crippen molar-refractivity contribution in [3.63, 3.8) is 0 Å². The second kappa shape index (κ2) is 13.7. The zero-order chi connectivity index (χ0) is 31.5. The molecule has 6 N–H and O–H groups in total. The minimum absolute atomic E-state index is 0.00790. The molecular weight excluding hydrogens is 610 g/mol. The molecule has 0 unspecified atom stereocenters. The second-order valence-corrected chi connectivity index (χ2v) is 10.9. The summed E-state index contributed by atoms with van der Waals surface area (Å²) < 4.78 is 50.3. The van der Waals surface area contributed by atoms with Gasteiger partial charge < -0.3 is 44.7 Å². The summed E-state index contributed by atoms with van der Waals surface area (Å²) >= 11 is 5.73. The van der Waals surface area contributed by atoms with Gasteiger partial charge in [-0.3, -0.25) is 15.1 Å². The van der Waals surface area contributed by atoms with Crippen LogP contribution in [-0.2, 0) is 30.4 Å². The molecule has 1 saturated carbocycles. The largest absolute Gasteiger partial charge is 0.455 e. The van der Waals surface area contributed by atoms with Crippen molar-refractivity contribution < 1.29 is 57.8 Å². The van der Waals surface area contributed by atoms with Crippen LogP contribution in [0.25, 0.3) is 6.08 Å². The molecule has 1 amide bonds. The lowest BCUT2D eigenvalue weighted by Crippen LogP contribution is -2.67. The summed E-state index contributed by atoms with van der Waals surface area (Å²) in [4.78, 5) is 18.0. The third-order valence-corrected chi connectivity index (χ3v) is 7.63. The van der Waals surface area contributed by atoms with Gasteiger partial charge in [-0.05, 0) is 42.8 Å². The number of carbonyl (C=O) groups excluding carboxylic acids is 1. The Morgan fingerprint density at radius 3 is 2.52 bits per heavy atom. The van der Waals surface area contributed by atoms with E-state index < -0.39 is 66.5 Å². The highest BCUT2D eigenvalue weighted by atomic mass is 35.5. The fraction of sp³-hybridized carbons (Fsp3) is 0.414. The molecule has 0 bridgehead atoms. The predicted molar refractivity (Wildman–Crippen MR) is 148 cm³/mol. The van der Waals surface area contributed by atoms with Crippen LogP contribution in [0.4, 0.5) is 8.78 Å². The van der Waals surface area contributed by atoms with Crippen molar-refractivity contribution in [3.05, 3.63) is 81.7 Å². The average molecular weight is 641 g/mol. The van der Waals surface area contributed by atoms with Gasteiger partial charge in [-0.2, -0.15) is 0 Å². The Morgan fingerprint density at radius 1 is 1.05 bits per heavy atom. The number of fused-ring (bicyclic) bond motifs is 1. The van der Waals surface area contributed by atoms with Crippen LogP contribution in [0.2, 0.25) is 5.02 Å². The molecule has 12 nitrogen and oxygen atoms in total. The van der Waals surface area contributed by atoms with Crippen molar-refractivity contribution >= 4 is 23.6 Å². The zero-order valence-electron chi connectivity index (χ0n) is 23.2. The van der Waals surface area contributed by atoms with Crippen LogP contribution in [-0.4, -0.2) is 82.1 Å². The first-order valence-electron chi connectivity index (χ1n) is 13.6. The maximum atomic E-state index is 14.9. The summed E-state index contributed by atoms with van der Waals surface area (Å²) in [7, 11) is 0. The summed E-state index contributed by atoms with van der Waals surface area (Å²) in [6.45, 7) is 1.17. The van der Waals surface area contributed by atoms with Crippen LogP contribution in [0, 0.1) is 11.6 Å². The molecule has 44 heavy (non-hydrogen) atoms. The molecule has 238 valence electrons. The lowest BCUT2D eigenvalue weighted by atomic mass is 9.83. The normalized spacial score (nSPS) is 31.0. The Kier molecular flexibility index (Phi) is 10.0. The van der Waals surface area contributed by atoms with Gasteiger partial charge in [0.25, 0.3) is 0 Å². The molecule has 2 heterocycles. The van der Waals surface area contributed by atoms with Gasteiger partial charge in [-0.15, -0.1) is 0 Å². The SMILES string of the molecule is CC(=Cc1ccc(O[C@H]2C[C@H](O)C(=CNOCc3ccc(Cl)cc3F)O2)c(F)c1)C(=O)N[C@@H]1[C@H](O)[C@@H](O)[C@H]2OCO[C@H]2[C@@H]1O. The van der Waals surface area contributed by atoms with Crippen molar-refractivity contribution in [1.82, 2.24) is 10.8 Å². The molecule has 2 aliphatic heterocycles. The van der Waals surface area contributed by atoms with Crippen molar-refractivity contribution in [1.29, 1.82) is 0 Å². The Balaban J connectivity index is 1.14. The number of hydrogen-bond acceptors (Lipinski definition) is 11. The Labute approximate surface area is 255 Å². The van der Waals surface area contributed by atoms with E-state index in [1.165, 1.54) is 43.5 Å². The number of amides is 1. The highest BCUT2D eigenvalue weighted by Gasteiger charge is 2.53. The van der Waals surface area contributed by atoms with Crippen molar-refractivity contribution in [3.8, 4) is 5.75 Å². The summed E-state index contributed by atoms with van der Waals surface area (Å²) in [5, 5.41) is 44.2. The molecule has 2 aromatic rings. The molecule has 0 aromatic heterocycles. The van der Waals surface area contributed by atoms with E-state index in [0.717, 1.165) is 12.1 Å². The number of ether oxygens (including phenoxy) is 4. The van der Waals surface area contributed by atoms with Crippen LogP contribution in [0.3, 0.4) is 0 Å². The number of hydrogen-bond donors (Lipinski definition) is 6. The van der Waals surface area contributed by atoms with E-state index >= 15 is 0 Å². The Bertz CT molecular complexity index is 1430. The molecule has 3 aliphatic rings. The minimum Gasteiger partial charge on any atom is -0.455 e. The summed E-state index contributed by atoms with van der Waals surface area (Å²) in [6.07, 6.45) is -5.54. The van der Waals surface area contributed by atoms with Crippen molar-refractivity contribution in [2.24, 2.45) is 0 Å². The number of nitrogens with one attached hydrogen (secondary N) is 2. The van der Waals surface area contributed by atoms with Gasteiger partial charge in [0.15, 0.2) is 11.6 Å². The van der Waals surface area contributed by atoms with E-state index in [1.54, 1.807) is 0 Å². The number of hydroxylamine groups is 1. The minimum atomic E-state index is -1.51.